The van der Waals surface area contributed by atoms with Crippen LogP contribution in [0, 0.1) is 0 Å². The highest BCUT2D eigenvalue weighted by Crippen LogP contribution is 2.28. The molecule has 1 amide bonds. The molecule has 0 saturated carbocycles. The zero-order chi connectivity index (χ0) is 19.9. The van der Waals surface area contributed by atoms with E-state index in [1.165, 1.54) is 0 Å². The average molecular weight is 378 g/mol. The number of rotatable bonds is 7. The summed E-state index contributed by atoms with van der Waals surface area (Å²) < 4.78 is 16.1. The molecule has 0 atom stereocenters. The van der Waals surface area contributed by atoms with E-state index in [9.17, 15) is 4.79 Å². The van der Waals surface area contributed by atoms with E-state index in [-0.39, 0.29) is 12.5 Å². The summed E-state index contributed by atoms with van der Waals surface area (Å²) in [4.78, 5) is 12.1. The van der Waals surface area contributed by atoms with Gasteiger partial charge in [0.1, 0.15) is 5.75 Å². The molecule has 1 N–H and O–H groups in total. The van der Waals surface area contributed by atoms with Crippen LogP contribution in [0.1, 0.15) is 12.5 Å². The minimum Gasteiger partial charge on any atom is -0.496 e. The van der Waals surface area contributed by atoms with Gasteiger partial charge in [-0.05, 0) is 36.6 Å². The number of hydrazone groups is 1. The Kier molecular flexibility index (Phi) is 6.11. The SMILES string of the molecule is COc1ccccc1OCC(=O)N/N=C(/C)c1ccc(OC)c2ccccc12. The van der Waals surface area contributed by atoms with Gasteiger partial charge < -0.3 is 14.2 Å². The standard InChI is InChI=1S/C22H22N2O4/c1-15(16-12-13-19(26-2)18-9-5-4-8-17(16)18)23-24-22(25)14-28-21-11-7-6-10-20(21)27-3/h4-13H,14H2,1-3H3,(H,24,25)/b23-15-. The molecule has 0 aliphatic rings. The molecule has 0 saturated heterocycles. The van der Waals surface area contributed by atoms with E-state index < -0.39 is 0 Å². The summed E-state index contributed by atoms with van der Waals surface area (Å²) >= 11 is 0. The number of para-hydroxylation sites is 2. The largest absolute Gasteiger partial charge is 0.496 e. The first-order valence-corrected chi connectivity index (χ1v) is 8.79. The topological polar surface area (TPSA) is 69.2 Å². The Morgan fingerprint density at radius 2 is 1.50 bits per heavy atom. The number of nitrogens with zero attached hydrogens (tertiary/aromatic N) is 1. The van der Waals surface area contributed by atoms with Crippen LogP contribution in [-0.4, -0.2) is 32.4 Å². The van der Waals surface area contributed by atoms with Crippen LogP contribution in [0.2, 0.25) is 0 Å². The third-order valence-electron chi connectivity index (χ3n) is 4.27. The van der Waals surface area contributed by atoms with Gasteiger partial charge in [0.2, 0.25) is 0 Å². The smallest absolute Gasteiger partial charge is 0.277 e. The van der Waals surface area contributed by atoms with Gasteiger partial charge in [-0.2, -0.15) is 5.10 Å². The molecule has 6 heteroatoms. The van der Waals surface area contributed by atoms with Gasteiger partial charge in [-0.3, -0.25) is 4.79 Å². The van der Waals surface area contributed by atoms with Crippen LogP contribution in [0.3, 0.4) is 0 Å². The summed E-state index contributed by atoms with van der Waals surface area (Å²) in [5.74, 6) is 1.51. The highest BCUT2D eigenvalue weighted by molar-refractivity contribution is 6.11. The number of methoxy groups -OCH3 is 2. The van der Waals surface area contributed by atoms with Crippen molar-refractivity contribution in [3.05, 3.63) is 66.2 Å². The average Bonchev–Trinajstić information content (AvgIpc) is 2.75. The van der Waals surface area contributed by atoms with E-state index in [1.807, 2.05) is 55.5 Å². The maximum Gasteiger partial charge on any atom is 0.277 e. The number of carbonyl (C=O) groups is 1. The molecule has 3 aromatic carbocycles. The first kappa shape index (κ1) is 19.2. The highest BCUT2D eigenvalue weighted by atomic mass is 16.5. The molecule has 0 spiro atoms. The van der Waals surface area contributed by atoms with Crippen molar-refractivity contribution in [2.75, 3.05) is 20.8 Å². The molecule has 0 heterocycles. The van der Waals surface area contributed by atoms with Gasteiger partial charge in [-0.15, -0.1) is 0 Å². The molecule has 0 aliphatic heterocycles. The lowest BCUT2D eigenvalue weighted by atomic mass is 10.0. The predicted molar refractivity (Wildman–Crippen MR) is 109 cm³/mol. The van der Waals surface area contributed by atoms with E-state index in [1.54, 1.807) is 26.4 Å². The molecular weight excluding hydrogens is 356 g/mol. The second-order valence-corrected chi connectivity index (χ2v) is 6.03. The zero-order valence-corrected chi connectivity index (χ0v) is 16.1. The number of ether oxygens (including phenoxy) is 3. The Morgan fingerprint density at radius 1 is 0.857 bits per heavy atom. The van der Waals surface area contributed by atoms with Crippen molar-refractivity contribution in [1.29, 1.82) is 0 Å². The fourth-order valence-electron chi connectivity index (χ4n) is 2.88. The van der Waals surface area contributed by atoms with Crippen LogP contribution >= 0.6 is 0 Å². The first-order valence-electron chi connectivity index (χ1n) is 8.79. The van der Waals surface area contributed by atoms with E-state index in [4.69, 9.17) is 14.2 Å². The molecule has 28 heavy (non-hydrogen) atoms. The number of benzene rings is 3. The van der Waals surface area contributed by atoms with Crippen molar-refractivity contribution in [2.24, 2.45) is 5.10 Å². The number of amides is 1. The Balaban J connectivity index is 1.71. The van der Waals surface area contributed by atoms with Crippen LogP contribution in [0.15, 0.2) is 65.8 Å². The van der Waals surface area contributed by atoms with Gasteiger partial charge in [-0.1, -0.05) is 36.4 Å². The Hall–Kier alpha value is -3.54. The van der Waals surface area contributed by atoms with Crippen LogP contribution in [0.25, 0.3) is 10.8 Å². The molecule has 0 radical (unpaired) electrons. The third kappa shape index (κ3) is 4.23. The van der Waals surface area contributed by atoms with Gasteiger partial charge in [-0.25, -0.2) is 5.43 Å². The normalized spacial score (nSPS) is 11.2. The summed E-state index contributed by atoms with van der Waals surface area (Å²) in [5, 5.41) is 6.21. The Labute approximate surface area is 163 Å². The van der Waals surface area contributed by atoms with Gasteiger partial charge in [0.15, 0.2) is 18.1 Å². The van der Waals surface area contributed by atoms with Crippen LogP contribution in [0.5, 0.6) is 17.2 Å². The van der Waals surface area contributed by atoms with Crippen LogP contribution in [-0.2, 0) is 4.79 Å². The molecule has 6 nitrogen and oxygen atoms in total. The van der Waals surface area contributed by atoms with Crippen LogP contribution < -0.4 is 19.6 Å². The maximum atomic E-state index is 12.1. The lowest BCUT2D eigenvalue weighted by molar-refractivity contribution is -0.123. The zero-order valence-electron chi connectivity index (χ0n) is 16.1. The summed E-state index contributed by atoms with van der Waals surface area (Å²) in [6, 6.07) is 18.9. The lowest BCUT2D eigenvalue weighted by Crippen LogP contribution is -2.25. The molecule has 0 aliphatic carbocycles. The van der Waals surface area contributed by atoms with E-state index in [0.29, 0.717) is 17.2 Å². The second-order valence-electron chi connectivity index (χ2n) is 6.03. The summed E-state index contributed by atoms with van der Waals surface area (Å²) in [5.41, 5.74) is 4.14. The predicted octanol–water partition coefficient (Wildman–Crippen LogP) is 3.78. The molecule has 0 aromatic heterocycles. The van der Waals surface area contributed by atoms with Crippen molar-refractivity contribution in [3.63, 3.8) is 0 Å². The fourth-order valence-corrected chi connectivity index (χ4v) is 2.88. The third-order valence-corrected chi connectivity index (χ3v) is 4.27. The minimum absolute atomic E-state index is 0.166. The summed E-state index contributed by atoms with van der Waals surface area (Å²) in [7, 11) is 3.19. The summed E-state index contributed by atoms with van der Waals surface area (Å²) in [6.07, 6.45) is 0. The van der Waals surface area contributed by atoms with E-state index in [2.05, 4.69) is 10.5 Å². The highest BCUT2D eigenvalue weighted by Gasteiger charge is 2.10. The number of hydrogen-bond acceptors (Lipinski definition) is 5. The monoisotopic (exact) mass is 378 g/mol. The van der Waals surface area contributed by atoms with Crippen molar-refractivity contribution in [3.8, 4) is 17.2 Å². The van der Waals surface area contributed by atoms with Gasteiger partial charge >= 0.3 is 0 Å². The molecule has 0 bridgehead atoms. The van der Waals surface area contributed by atoms with Crippen molar-refractivity contribution in [2.45, 2.75) is 6.92 Å². The first-order chi connectivity index (χ1) is 13.6. The second kappa shape index (κ2) is 8.90. The number of nitrogens with one attached hydrogen (secondary N) is 1. The molecule has 0 fully saturated rings. The van der Waals surface area contributed by atoms with Gasteiger partial charge in [0.05, 0.1) is 19.9 Å². The quantitative estimate of drug-likeness (QED) is 0.502. The van der Waals surface area contributed by atoms with Crippen LogP contribution in [0.4, 0.5) is 0 Å². The molecule has 3 rings (SSSR count). The summed E-state index contributed by atoms with van der Waals surface area (Å²) in [6.45, 7) is 1.68. The molecule has 3 aromatic rings. The Morgan fingerprint density at radius 3 is 2.21 bits per heavy atom. The molecular formula is C22H22N2O4. The Bertz CT molecular complexity index is 1010. The molecule has 144 valence electrons. The number of carbonyl (C=O) groups excluding carboxylic acids is 1. The number of fused-ring (bicyclic) bond motifs is 1. The van der Waals surface area contributed by atoms with Gasteiger partial charge in [0.25, 0.3) is 5.91 Å². The van der Waals surface area contributed by atoms with Gasteiger partial charge in [0, 0.05) is 10.9 Å². The molecule has 0 unspecified atom stereocenters. The fraction of sp³-hybridized carbons (Fsp3) is 0.182. The van der Waals surface area contributed by atoms with E-state index in [0.717, 1.165) is 22.1 Å². The lowest BCUT2D eigenvalue weighted by Gasteiger charge is -2.11. The van der Waals surface area contributed by atoms with E-state index >= 15 is 0 Å². The minimum atomic E-state index is -0.358. The number of hydrogen-bond donors (Lipinski definition) is 1. The maximum absolute atomic E-state index is 12.1. The van der Waals surface area contributed by atoms with Crippen molar-refractivity contribution in [1.82, 2.24) is 5.43 Å². The van der Waals surface area contributed by atoms with Crippen molar-refractivity contribution >= 4 is 22.4 Å². The van der Waals surface area contributed by atoms with Crippen molar-refractivity contribution < 1.29 is 19.0 Å².